The maximum Gasteiger partial charge on any atom is 0.323 e. The van der Waals surface area contributed by atoms with Gasteiger partial charge in [-0.05, 0) is 42.2 Å². The van der Waals surface area contributed by atoms with E-state index in [1.165, 1.54) is 7.11 Å². The van der Waals surface area contributed by atoms with Gasteiger partial charge in [0, 0.05) is 5.75 Å². The summed E-state index contributed by atoms with van der Waals surface area (Å²) >= 11 is 3.26. The molecule has 0 saturated carbocycles. The number of thioether (sulfide) groups is 1. The summed E-state index contributed by atoms with van der Waals surface area (Å²) in [6.45, 7) is 3.84. The number of rotatable bonds is 9. The fourth-order valence-electron chi connectivity index (χ4n) is 2.88. The molecule has 1 heterocycles. The molecule has 3 aromatic rings. The second-order valence-electron chi connectivity index (χ2n) is 7.21. The monoisotopic (exact) mass is 464 g/mol. The highest BCUT2D eigenvalue weighted by Gasteiger charge is 2.27. The van der Waals surface area contributed by atoms with Gasteiger partial charge in [-0.1, -0.05) is 49.9 Å². The number of fused-ring (bicyclic) bond motifs is 1. The SMILES string of the molecule is COC(=O)[C@H](CC(C)C)NS(=O)(=O)c1ccc(CSc2nc3ccccc3s2)cc1. The van der Waals surface area contributed by atoms with Crippen molar-refractivity contribution in [3.8, 4) is 0 Å². The molecule has 3 rings (SSSR count). The van der Waals surface area contributed by atoms with Gasteiger partial charge in [-0.3, -0.25) is 4.79 Å². The van der Waals surface area contributed by atoms with Crippen LogP contribution in [0.25, 0.3) is 10.2 Å². The number of benzene rings is 2. The largest absolute Gasteiger partial charge is 0.468 e. The highest BCUT2D eigenvalue weighted by atomic mass is 32.2. The Morgan fingerprint density at radius 3 is 2.50 bits per heavy atom. The Labute approximate surface area is 185 Å². The molecule has 0 saturated heterocycles. The number of carbonyl (C=O) groups excluding carboxylic acids is 1. The van der Waals surface area contributed by atoms with E-state index in [1.807, 2.05) is 38.1 Å². The highest BCUT2D eigenvalue weighted by Crippen LogP contribution is 2.31. The summed E-state index contributed by atoms with van der Waals surface area (Å²) in [4.78, 5) is 16.7. The lowest BCUT2D eigenvalue weighted by Gasteiger charge is -2.18. The van der Waals surface area contributed by atoms with Crippen molar-refractivity contribution in [1.29, 1.82) is 0 Å². The van der Waals surface area contributed by atoms with E-state index in [4.69, 9.17) is 4.74 Å². The number of sulfonamides is 1. The lowest BCUT2D eigenvalue weighted by molar-refractivity contribution is -0.143. The van der Waals surface area contributed by atoms with E-state index in [0.29, 0.717) is 12.2 Å². The van der Waals surface area contributed by atoms with Crippen LogP contribution < -0.4 is 4.72 Å². The van der Waals surface area contributed by atoms with Crippen LogP contribution >= 0.6 is 23.1 Å². The van der Waals surface area contributed by atoms with Crippen molar-refractivity contribution in [1.82, 2.24) is 9.71 Å². The van der Waals surface area contributed by atoms with E-state index >= 15 is 0 Å². The summed E-state index contributed by atoms with van der Waals surface area (Å²) in [5.74, 6) is 0.237. The summed E-state index contributed by atoms with van der Waals surface area (Å²) in [5, 5.41) is 0. The minimum atomic E-state index is -3.83. The van der Waals surface area contributed by atoms with Crippen LogP contribution in [0.1, 0.15) is 25.8 Å². The van der Waals surface area contributed by atoms with Gasteiger partial charge in [0.2, 0.25) is 10.0 Å². The van der Waals surface area contributed by atoms with Gasteiger partial charge in [-0.15, -0.1) is 11.3 Å². The molecule has 0 aliphatic carbocycles. The van der Waals surface area contributed by atoms with Crippen molar-refractivity contribution in [2.75, 3.05) is 7.11 Å². The standard InChI is InChI=1S/C21H24N2O4S3/c1-14(2)12-18(20(24)27-3)23-30(25,26)16-10-8-15(9-11-16)13-28-21-22-17-6-4-5-7-19(17)29-21/h4-11,14,18,23H,12-13H2,1-3H3/t18-/m0/s1. The maximum absolute atomic E-state index is 12.7. The van der Waals surface area contributed by atoms with Crippen LogP contribution in [0.3, 0.4) is 0 Å². The van der Waals surface area contributed by atoms with Gasteiger partial charge in [-0.25, -0.2) is 13.4 Å². The smallest absolute Gasteiger partial charge is 0.323 e. The number of hydrogen-bond acceptors (Lipinski definition) is 7. The molecule has 0 aliphatic heterocycles. The summed E-state index contributed by atoms with van der Waals surface area (Å²) in [5.41, 5.74) is 1.98. The number of ether oxygens (including phenoxy) is 1. The van der Waals surface area contributed by atoms with Crippen molar-refractivity contribution >= 4 is 49.3 Å². The summed E-state index contributed by atoms with van der Waals surface area (Å²) in [7, 11) is -2.58. The first kappa shape index (κ1) is 22.7. The predicted octanol–water partition coefficient (Wildman–Crippen LogP) is 4.45. The average Bonchev–Trinajstić information content (AvgIpc) is 3.14. The van der Waals surface area contributed by atoms with Gasteiger partial charge >= 0.3 is 5.97 Å². The Morgan fingerprint density at radius 2 is 1.87 bits per heavy atom. The van der Waals surface area contributed by atoms with E-state index in [9.17, 15) is 13.2 Å². The number of esters is 1. The number of carbonyl (C=O) groups is 1. The molecular formula is C21H24N2O4S3. The summed E-state index contributed by atoms with van der Waals surface area (Å²) in [6, 6.07) is 13.8. The molecule has 0 bridgehead atoms. The van der Waals surface area contributed by atoms with Crippen LogP contribution in [-0.4, -0.2) is 32.5 Å². The van der Waals surface area contributed by atoms with Crippen LogP contribution in [0.5, 0.6) is 0 Å². The minimum Gasteiger partial charge on any atom is -0.468 e. The predicted molar refractivity (Wildman–Crippen MR) is 121 cm³/mol. The number of nitrogens with zero attached hydrogens (tertiary/aromatic N) is 1. The van der Waals surface area contributed by atoms with Gasteiger partial charge in [0.05, 0.1) is 22.2 Å². The molecule has 160 valence electrons. The number of para-hydroxylation sites is 1. The third kappa shape index (κ3) is 5.81. The van der Waals surface area contributed by atoms with E-state index in [0.717, 1.165) is 20.1 Å². The van der Waals surface area contributed by atoms with E-state index < -0.39 is 22.0 Å². The summed E-state index contributed by atoms with van der Waals surface area (Å²) in [6.07, 6.45) is 0.364. The van der Waals surface area contributed by atoms with Crippen LogP contribution in [0.4, 0.5) is 0 Å². The molecular weight excluding hydrogens is 440 g/mol. The molecule has 0 radical (unpaired) electrons. The van der Waals surface area contributed by atoms with Crippen molar-refractivity contribution < 1.29 is 17.9 Å². The number of thiazole rings is 1. The van der Waals surface area contributed by atoms with Gasteiger partial charge in [0.1, 0.15) is 6.04 Å². The Morgan fingerprint density at radius 1 is 1.17 bits per heavy atom. The van der Waals surface area contributed by atoms with Gasteiger partial charge in [0.15, 0.2) is 4.34 Å². The fourth-order valence-corrected chi connectivity index (χ4v) is 6.11. The molecule has 0 aliphatic rings. The molecule has 0 unspecified atom stereocenters. The second kappa shape index (κ2) is 9.91. The first-order valence-electron chi connectivity index (χ1n) is 9.46. The Bertz CT molecular complexity index is 1080. The number of methoxy groups -OCH3 is 1. The third-order valence-corrected chi connectivity index (χ3v) is 8.10. The molecule has 1 N–H and O–H groups in total. The molecule has 9 heteroatoms. The maximum atomic E-state index is 12.7. The minimum absolute atomic E-state index is 0.119. The molecule has 30 heavy (non-hydrogen) atoms. The van der Waals surface area contributed by atoms with Gasteiger partial charge in [0.25, 0.3) is 0 Å². The molecule has 6 nitrogen and oxygen atoms in total. The van der Waals surface area contributed by atoms with Crippen molar-refractivity contribution in [3.05, 3.63) is 54.1 Å². The van der Waals surface area contributed by atoms with E-state index in [-0.39, 0.29) is 10.8 Å². The van der Waals surface area contributed by atoms with E-state index in [1.54, 1.807) is 47.4 Å². The lowest BCUT2D eigenvalue weighted by atomic mass is 10.1. The van der Waals surface area contributed by atoms with Crippen LogP contribution in [0.2, 0.25) is 0 Å². The first-order chi connectivity index (χ1) is 14.3. The van der Waals surface area contributed by atoms with Gasteiger partial charge in [-0.2, -0.15) is 4.72 Å². The fraction of sp³-hybridized carbons (Fsp3) is 0.333. The Hall–Kier alpha value is -1.94. The third-order valence-electron chi connectivity index (χ3n) is 4.36. The number of aromatic nitrogens is 1. The number of hydrogen-bond donors (Lipinski definition) is 1. The van der Waals surface area contributed by atoms with E-state index in [2.05, 4.69) is 9.71 Å². The van der Waals surface area contributed by atoms with Crippen LogP contribution in [-0.2, 0) is 25.3 Å². The molecule has 1 atom stereocenters. The van der Waals surface area contributed by atoms with Crippen molar-refractivity contribution in [2.45, 2.75) is 41.3 Å². The topological polar surface area (TPSA) is 85.4 Å². The molecule has 2 aromatic carbocycles. The summed E-state index contributed by atoms with van der Waals surface area (Å²) < 4.78 is 34.7. The molecule has 0 fully saturated rings. The van der Waals surface area contributed by atoms with Crippen LogP contribution in [0.15, 0.2) is 57.8 Å². The molecule has 1 aromatic heterocycles. The Balaban J connectivity index is 1.66. The lowest BCUT2D eigenvalue weighted by Crippen LogP contribution is -2.42. The van der Waals surface area contributed by atoms with Gasteiger partial charge < -0.3 is 4.74 Å². The quantitative estimate of drug-likeness (QED) is 0.372. The van der Waals surface area contributed by atoms with Crippen LogP contribution in [0, 0.1) is 5.92 Å². The highest BCUT2D eigenvalue weighted by molar-refractivity contribution is 8.00. The zero-order chi connectivity index (χ0) is 21.7. The molecule has 0 amide bonds. The Kier molecular flexibility index (Phi) is 7.51. The first-order valence-corrected chi connectivity index (χ1v) is 12.7. The normalized spacial score (nSPS) is 12.9. The second-order valence-corrected chi connectivity index (χ2v) is 11.2. The average molecular weight is 465 g/mol. The molecule has 0 spiro atoms. The zero-order valence-corrected chi connectivity index (χ0v) is 19.4. The number of nitrogens with one attached hydrogen (secondary N) is 1. The van der Waals surface area contributed by atoms with Crippen molar-refractivity contribution in [3.63, 3.8) is 0 Å². The van der Waals surface area contributed by atoms with Crippen molar-refractivity contribution in [2.24, 2.45) is 5.92 Å². The zero-order valence-electron chi connectivity index (χ0n) is 17.0.